The molecule has 5 heteroatoms. The molecule has 0 aliphatic heterocycles. The number of hydrogen-bond donors (Lipinski definition) is 2. The summed E-state index contributed by atoms with van der Waals surface area (Å²) in [4.78, 5) is 0. The van der Waals surface area contributed by atoms with Crippen molar-refractivity contribution in [2.75, 3.05) is 7.11 Å². The Hall–Kier alpha value is -1.04. The minimum Gasteiger partial charge on any atom is -0.379 e. The summed E-state index contributed by atoms with van der Waals surface area (Å²) in [6.07, 6.45) is 1.71. The minimum atomic E-state index is -0.664. The first kappa shape index (κ1) is 13.4. The molecule has 1 aromatic carbocycles. The first-order chi connectivity index (χ1) is 8.60. The molecule has 2 unspecified atom stereocenters. The highest BCUT2D eigenvalue weighted by Crippen LogP contribution is 2.40. The molecule has 1 fully saturated rings. The van der Waals surface area contributed by atoms with E-state index in [9.17, 15) is 8.78 Å². The fourth-order valence-electron chi connectivity index (χ4n) is 2.33. The Labute approximate surface area is 105 Å². The minimum absolute atomic E-state index is 0.0312. The maximum absolute atomic E-state index is 14.1. The van der Waals surface area contributed by atoms with Crippen molar-refractivity contribution in [3.05, 3.63) is 34.9 Å². The molecule has 0 bridgehead atoms. The average Bonchev–Trinajstić information content (AvgIpc) is 3.17. The molecule has 3 N–H and O–H groups in total. The van der Waals surface area contributed by atoms with E-state index in [4.69, 9.17) is 10.6 Å². The van der Waals surface area contributed by atoms with Crippen LogP contribution in [0.3, 0.4) is 0 Å². The standard InChI is InChI=1S/C13H18F2N2O/c1-7-3-6-9(14)10(11(7)15)12(17-16)13(18-2)8-4-5-8/h3,6,8,12-13,17H,4-5,16H2,1-2H3. The fraction of sp³-hybridized carbons (Fsp3) is 0.538. The molecule has 1 saturated carbocycles. The lowest BCUT2D eigenvalue weighted by Gasteiger charge is -2.26. The summed E-state index contributed by atoms with van der Waals surface area (Å²) in [5.74, 6) is 4.64. The molecule has 0 radical (unpaired) electrons. The second-order valence-electron chi connectivity index (χ2n) is 4.77. The molecule has 0 saturated heterocycles. The lowest BCUT2D eigenvalue weighted by atomic mass is 9.96. The van der Waals surface area contributed by atoms with E-state index in [1.807, 2.05) is 0 Å². The highest BCUT2D eigenvalue weighted by Gasteiger charge is 2.39. The number of nitrogens with one attached hydrogen (secondary N) is 1. The highest BCUT2D eigenvalue weighted by molar-refractivity contribution is 5.30. The maximum Gasteiger partial charge on any atom is 0.133 e. The first-order valence-corrected chi connectivity index (χ1v) is 6.03. The molecule has 0 heterocycles. The molecular weight excluding hydrogens is 238 g/mol. The second kappa shape index (κ2) is 5.30. The van der Waals surface area contributed by atoms with Crippen LogP contribution in [0.2, 0.25) is 0 Å². The largest absolute Gasteiger partial charge is 0.379 e. The topological polar surface area (TPSA) is 47.3 Å². The quantitative estimate of drug-likeness (QED) is 0.627. The van der Waals surface area contributed by atoms with Gasteiger partial charge in [-0.1, -0.05) is 6.07 Å². The zero-order valence-electron chi connectivity index (χ0n) is 10.5. The van der Waals surface area contributed by atoms with Crippen LogP contribution in [0.4, 0.5) is 8.78 Å². The molecule has 2 atom stereocenters. The smallest absolute Gasteiger partial charge is 0.133 e. The van der Waals surface area contributed by atoms with Gasteiger partial charge in [0, 0.05) is 12.7 Å². The van der Waals surface area contributed by atoms with E-state index in [1.165, 1.54) is 12.1 Å². The van der Waals surface area contributed by atoms with Crippen molar-refractivity contribution in [2.24, 2.45) is 11.8 Å². The molecule has 0 aromatic heterocycles. The van der Waals surface area contributed by atoms with Gasteiger partial charge in [0.1, 0.15) is 11.6 Å². The third-order valence-corrected chi connectivity index (χ3v) is 3.50. The van der Waals surface area contributed by atoms with E-state index in [0.29, 0.717) is 11.5 Å². The van der Waals surface area contributed by atoms with Crippen LogP contribution in [0.5, 0.6) is 0 Å². The van der Waals surface area contributed by atoms with Gasteiger partial charge in [-0.05, 0) is 37.3 Å². The van der Waals surface area contributed by atoms with Crippen LogP contribution < -0.4 is 11.3 Å². The molecule has 0 amide bonds. The lowest BCUT2D eigenvalue weighted by molar-refractivity contribution is 0.0484. The van der Waals surface area contributed by atoms with E-state index >= 15 is 0 Å². The van der Waals surface area contributed by atoms with Gasteiger partial charge in [0.25, 0.3) is 0 Å². The summed E-state index contributed by atoms with van der Waals surface area (Å²) < 4.78 is 33.3. The van der Waals surface area contributed by atoms with Crippen molar-refractivity contribution in [2.45, 2.75) is 31.9 Å². The third-order valence-electron chi connectivity index (χ3n) is 3.50. The van der Waals surface area contributed by atoms with Crippen LogP contribution >= 0.6 is 0 Å². The number of halogens is 2. The number of hydrogen-bond acceptors (Lipinski definition) is 3. The van der Waals surface area contributed by atoms with Crippen molar-refractivity contribution >= 4 is 0 Å². The number of ether oxygens (including phenoxy) is 1. The summed E-state index contributed by atoms with van der Waals surface area (Å²) in [6.45, 7) is 1.60. The van der Waals surface area contributed by atoms with Crippen molar-refractivity contribution < 1.29 is 13.5 Å². The van der Waals surface area contributed by atoms with Crippen molar-refractivity contribution in [1.29, 1.82) is 0 Å². The van der Waals surface area contributed by atoms with Gasteiger partial charge in [0.05, 0.1) is 12.1 Å². The van der Waals surface area contributed by atoms with E-state index in [2.05, 4.69) is 5.43 Å². The number of nitrogens with two attached hydrogens (primary N) is 1. The third kappa shape index (κ3) is 2.39. The van der Waals surface area contributed by atoms with Crippen LogP contribution in [-0.4, -0.2) is 13.2 Å². The van der Waals surface area contributed by atoms with Crippen molar-refractivity contribution in [3.63, 3.8) is 0 Å². The van der Waals surface area contributed by atoms with Crippen LogP contribution in [0, 0.1) is 24.5 Å². The van der Waals surface area contributed by atoms with Crippen LogP contribution in [0.15, 0.2) is 12.1 Å². The van der Waals surface area contributed by atoms with E-state index in [1.54, 1.807) is 14.0 Å². The van der Waals surface area contributed by atoms with Gasteiger partial charge >= 0.3 is 0 Å². The van der Waals surface area contributed by atoms with Gasteiger partial charge in [0.15, 0.2) is 0 Å². The van der Waals surface area contributed by atoms with Gasteiger partial charge in [-0.2, -0.15) is 0 Å². The predicted octanol–water partition coefficient (Wildman–Crippen LogP) is 2.20. The molecule has 2 rings (SSSR count). The molecule has 18 heavy (non-hydrogen) atoms. The Kier molecular flexibility index (Phi) is 3.94. The van der Waals surface area contributed by atoms with Crippen molar-refractivity contribution in [1.82, 2.24) is 5.43 Å². The Morgan fingerprint density at radius 3 is 2.56 bits per heavy atom. The summed E-state index contributed by atoms with van der Waals surface area (Å²) in [7, 11) is 1.54. The zero-order valence-corrected chi connectivity index (χ0v) is 10.5. The number of aryl methyl sites for hydroxylation is 1. The summed E-state index contributed by atoms with van der Waals surface area (Å²) in [6, 6.07) is 2.01. The molecule has 1 aliphatic carbocycles. The maximum atomic E-state index is 14.1. The first-order valence-electron chi connectivity index (χ1n) is 6.03. The van der Waals surface area contributed by atoms with Gasteiger partial charge in [-0.15, -0.1) is 0 Å². The molecule has 1 aliphatic rings. The van der Waals surface area contributed by atoms with Gasteiger partial charge in [0.2, 0.25) is 0 Å². The second-order valence-corrected chi connectivity index (χ2v) is 4.77. The normalized spacial score (nSPS) is 18.7. The highest BCUT2D eigenvalue weighted by atomic mass is 19.1. The van der Waals surface area contributed by atoms with E-state index in [0.717, 1.165) is 12.8 Å². The van der Waals surface area contributed by atoms with Gasteiger partial charge in [-0.3, -0.25) is 11.3 Å². The Morgan fingerprint density at radius 1 is 1.39 bits per heavy atom. The molecule has 100 valence electrons. The Bertz CT molecular complexity index is 435. The molecule has 1 aromatic rings. The Balaban J connectivity index is 2.40. The van der Waals surface area contributed by atoms with Gasteiger partial charge < -0.3 is 4.74 Å². The Morgan fingerprint density at radius 2 is 2.06 bits per heavy atom. The fourth-order valence-corrected chi connectivity index (χ4v) is 2.33. The zero-order chi connectivity index (χ0) is 13.3. The summed E-state index contributed by atoms with van der Waals surface area (Å²) >= 11 is 0. The van der Waals surface area contributed by atoms with Gasteiger partial charge in [-0.25, -0.2) is 8.78 Å². The van der Waals surface area contributed by atoms with Crippen LogP contribution in [0.25, 0.3) is 0 Å². The number of rotatable bonds is 5. The summed E-state index contributed by atoms with van der Waals surface area (Å²) in [5.41, 5.74) is 2.86. The van der Waals surface area contributed by atoms with E-state index < -0.39 is 17.7 Å². The average molecular weight is 256 g/mol. The molecule has 3 nitrogen and oxygen atoms in total. The van der Waals surface area contributed by atoms with E-state index in [-0.39, 0.29) is 11.7 Å². The number of hydrazine groups is 1. The summed E-state index contributed by atoms with van der Waals surface area (Å²) in [5, 5.41) is 0. The van der Waals surface area contributed by atoms with Crippen LogP contribution in [-0.2, 0) is 4.74 Å². The number of methoxy groups -OCH3 is 1. The SMILES string of the molecule is COC(C1CC1)C(NN)c1c(F)ccc(C)c1F. The van der Waals surface area contributed by atoms with Crippen molar-refractivity contribution in [3.8, 4) is 0 Å². The number of benzene rings is 1. The lowest BCUT2D eigenvalue weighted by Crippen LogP contribution is -2.40. The van der Waals surface area contributed by atoms with Crippen LogP contribution in [0.1, 0.15) is 30.0 Å². The predicted molar refractivity (Wildman–Crippen MR) is 64.7 cm³/mol. The molecular formula is C13H18F2N2O. The monoisotopic (exact) mass is 256 g/mol. The molecule has 0 spiro atoms.